The Morgan fingerprint density at radius 2 is 0.465 bits per heavy atom. The predicted molar refractivity (Wildman–Crippen MR) is 405 cm³/mol. The summed E-state index contributed by atoms with van der Waals surface area (Å²) in [6, 6.07) is 85.5. The van der Waals surface area contributed by atoms with Crippen molar-refractivity contribution >= 4 is 99.8 Å². The van der Waals surface area contributed by atoms with Crippen molar-refractivity contribution in [1.29, 1.82) is 0 Å². The van der Waals surface area contributed by atoms with Crippen molar-refractivity contribution in [2.75, 3.05) is 0 Å². The third-order valence-corrected chi connectivity index (χ3v) is 21.1. The largest absolute Gasteiger partial charge is 0.494 e. The molecule has 0 N–H and O–H groups in total. The molecule has 10 aromatic carbocycles. The third kappa shape index (κ3) is 13.4. The van der Waals surface area contributed by atoms with Crippen LogP contribution < -0.4 is 10.9 Å². The highest BCUT2D eigenvalue weighted by Gasteiger charge is 2.53. The van der Waals surface area contributed by atoms with Crippen molar-refractivity contribution < 1.29 is 18.6 Å². The molecule has 0 amide bonds. The molecule has 2 aliphatic heterocycles. The highest BCUT2D eigenvalue weighted by Crippen LogP contribution is 2.42. The smallest absolute Gasteiger partial charge is 0.399 e. The van der Waals surface area contributed by atoms with Gasteiger partial charge in [-0.15, -0.1) is 22.7 Å². The van der Waals surface area contributed by atoms with E-state index in [4.69, 9.17) is 60.1 Å². The predicted octanol–water partition coefficient (Wildman–Crippen LogP) is 18.9. The minimum atomic E-state index is -0.365. The van der Waals surface area contributed by atoms with Crippen LogP contribution in [-0.4, -0.2) is 81.5 Å². The highest BCUT2D eigenvalue weighted by atomic mass is 35.5. The Balaban J connectivity index is 0.000000135. The van der Waals surface area contributed by atoms with Gasteiger partial charge in [0, 0.05) is 74.1 Å². The number of rotatable bonds is 10. The molecule has 2 aliphatic rings. The SMILES string of the molecule is CC1(C)OB(c2ccc3sc4ccc(B5OC(C)(C)C(C)(C)O5)cc4c3c2)OC1(C)C.Clc1nc(-c2ccccc2)nc(-c2ccccc2)n1.c1ccc(-c2nc(-c3ccccc3)nc(-c3ccc4sc5ccc(-c6nc(-c7ccccc7)nc(-c7ccccc7)n6)cc5c4c3)n2)cc1. The van der Waals surface area contributed by atoms with Crippen LogP contribution in [0.3, 0.4) is 0 Å². The van der Waals surface area contributed by atoms with Crippen molar-refractivity contribution in [2.24, 2.45) is 0 Å². The van der Waals surface area contributed by atoms with E-state index < -0.39 is 0 Å². The van der Waals surface area contributed by atoms with Crippen LogP contribution in [-0.2, 0) is 18.6 Å². The molecule has 99 heavy (non-hydrogen) atoms. The lowest BCUT2D eigenvalue weighted by molar-refractivity contribution is 0.00578. The number of halogens is 1. The first-order chi connectivity index (χ1) is 47.9. The number of thiophene rings is 2. The van der Waals surface area contributed by atoms with Crippen LogP contribution in [0.2, 0.25) is 5.28 Å². The molecule has 18 heteroatoms. The van der Waals surface area contributed by atoms with Crippen LogP contribution in [0, 0.1) is 0 Å². The second-order valence-corrected chi connectivity index (χ2v) is 28.9. The van der Waals surface area contributed by atoms with Gasteiger partial charge in [0.15, 0.2) is 46.6 Å². The maximum atomic E-state index is 6.28. The Labute approximate surface area is 588 Å². The third-order valence-electron chi connectivity index (χ3n) is 18.6. The van der Waals surface area contributed by atoms with Gasteiger partial charge in [-0.25, -0.2) is 34.9 Å². The molecular formula is C81H66B2ClN9O4S2. The molecule has 2 saturated heterocycles. The summed E-state index contributed by atoms with van der Waals surface area (Å²) in [5, 5.41) is 4.88. The summed E-state index contributed by atoms with van der Waals surface area (Å²) in [7, 11) is -0.730. The molecule has 17 rings (SSSR count). The second-order valence-electron chi connectivity index (χ2n) is 26.4. The minimum Gasteiger partial charge on any atom is -0.399 e. The lowest BCUT2D eigenvalue weighted by atomic mass is 9.77. The first-order valence-corrected chi connectivity index (χ1v) is 34.8. The summed E-state index contributed by atoms with van der Waals surface area (Å²) < 4.78 is 30.0. The van der Waals surface area contributed by atoms with E-state index in [1.807, 2.05) is 182 Å². The fourth-order valence-corrected chi connectivity index (χ4v) is 14.1. The van der Waals surface area contributed by atoms with E-state index in [2.05, 4.69) is 143 Å². The molecule has 0 aliphatic carbocycles. The van der Waals surface area contributed by atoms with Crippen LogP contribution in [0.15, 0.2) is 255 Å². The molecule has 0 bridgehead atoms. The van der Waals surface area contributed by atoms with Gasteiger partial charge in [0.25, 0.3) is 0 Å². The maximum absolute atomic E-state index is 6.28. The molecule has 13 nitrogen and oxygen atoms in total. The normalized spacial score (nSPS) is 15.0. The van der Waals surface area contributed by atoms with Crippen LogP contribution >= 0.6 is 34.3 Å². The van der Waals surface area contributed by atoms with Gasteiger partial charge in [-0.3, -0.25) is 0 Å². The highest BCUT2D eigenvalue weighted by molar-refractivity contribution is 7.26. The molecule has 0 saturated carbocycles. The topological polar surface area (TPSA) is 153 Å². The average Bonchev–Trinajstić information content (AvgIpc) is 1.59. The van der Waals surface area contributed by atoms with Crippen molar-refractivity contribution in [3.63, 3.8) is 0 Å². The summed E-state index contributed by atoms with van der Waals surface area (Å²) in [6.45, 7) is 16.7. The zero-order valence-electron chi connectivity index (χ0n) is 55.8. The summed E-state index contributed by atoms with van der Waals surface area (Å²) in [6.07, 6.45) is 0. The quantitative estimate of drug-likeness (QED) is 0.119. The molecule has 0 spiro atoms. The van der Waals surface area contributed by atoms with Crippen molar-refractivity contribution in [1.82, 2.24) is 44.9 Å². The Kier molecular flexibility index (Phi) is 17.5. The van der Waals surface area contributed by atoms with E-state index in [0.29, 0.717) is 46.6 Å². The summed E-state index contributed by atoms with van der Waals surface area (Å²) in [5.41, 5.74) is 8.14. The Morgan fingerprint density at radius 1 is 0.253 bits per heavy atom. The Morgan fingerprint density at radius 3 is 0.717 bits per heavy atom. The van der Waals surface area contributed by atoms with E-state index in [1.54, 1.807) is 22.7 Å². The number of aromatic nitrogens is 9. The average molecular weight is 1350 g/mol. The van der Waals surface area contributed by atoms with E-state index in [-0.39, 0.29) is 41.9 Å². The number of nitrogens with zero attached hydrogens (tertiary/aromatic N) is 9. The molecule has 2 fully saturated rings. The monoisotopic (exact) mass is 1350 g/mol. The molecule has 7 heterocycles. The van der Waals surface area contributed by atoms with Crippen molar-refractivity contribution in [2.45, 2.75) is 77.8 Å². The van der Waals surface area contributed by atoms with E-state index in [9.17, 15) is 0 Å². The minimum absolute atomic E-state index is 0.202. The summed E-state index contributed by atoms with van der Waals surface area (Å²) in [4.78, 5) is 42.4. The van der Waals surface area contributed by atoms with Crippen LogP contribution in [0.25, 0.3) is 131 Å². The molecule has 5 aromatic heterocycles. The molecular weight excluding hydrogens is 1280 g/mol. The van der Waals surface area contributed by atoms with Crippen LogP contribution in [0.4, 0.5) is 0 Å². The van der Waals surface area contributed by atoms with Gasteiger partial charge in [-0.2, -0.15) is 9.97 Å². The van der Waals surface area contributed by atoms with E-state index in [0.717, 1.165) is 66.2 Å². The number of hydrogen-bond donors (Lipinski definition) is 0. The van der Waals surface area contributed by atoms with Gasteiger partial charge in [0.1, 0.15) is 0 Å². The molecule has 0 unspecified atom stereocenters. The maximum Gasteiger partial charge on any atom is 0.494 e. The van der Waals surface area contributed by atoms with Crippen molar-refractivity contribution in [3.8, 4) is 91.1 Å². The van der Waals surface area contributed by atoms with E-state index in [1.165, 1.54) is 29.6 Å². The summed E-state index contributed by atoms with van der Waals surface area (Å²) in [5.74, 6) is 4.98. The van der Waals surface area contributed by atoms with Crippen molar-refractivity contribution in [3.05, 3.63) is 260 Å². The standard InChI is InChI=1S/C42H26N6S.C24H30B2O4S.C15H10ClN3/c1-5-13-27(14-6-1)37-43-38(28-15-7-2-8-16-28)46-41(45-37)31-21-23-35-33(25-31)34-26-32(22-24-36(34)49-35)42-47-39(29-17-9-3-10-18-29)44-40(48-42)30-19-11-4-12-20-30;1-21(2)22(3,4)28-25(27-21)15-9-11-19-17(13-15)18-14-16(10-12-20(18)31-19)26-29-23(5,6)24(7,8)30-26;16-15-18-13(11-7-3-1-4-8-11)17-14(19-15)12-9-5-2-6-10-12/h1-26H;9-14H,1-8H3;1-10H. The zero-order chi connectivity index (χ0) is 68.0. The molecule has 0 radical (unpaired) electrons. The molecule has 15 aromatic rings. The first-order valence-electron chi connectivity index (χ1n) is 32.8. The number of benzene rings is 10. The molecule has 0 atom stereocenters. The van der Waals surface area contributed by atoms with Gasteiger partial charge in [-0.1, -0.05) is 206 Å². The lowest BCUT2D eigenvalue weighted by Gasteiger charge is -2.32. The zero-order valence-corrected chi connectivity index (χ0v) is 58.1. The van der Waals surface area contributed by atoms with Gasteiger partial charge in [0.2, 0.25) is 5.28 Å². The molecule has 484 valence electrons. The second kappa shape index (κ2) is 26.6. The number of fused-ring (bicyclic) bond motifs is 6. The fraction of sp³-hybridized carbons (Fsp3) is 0.148. The van der Waals surface area contributed by atoms with Gasteiger partial charge < -0.3 is 18.6 Å². The summed E-state index contributed by atoms with van der Waals surface area (Å²) >= 11 is 9.55. The van der Waals surface area contributed by atoms with Gasteiger partial charge in [-0.05, 0) is 137 Å². The van der Waals surface area contributed by atoms with Crippen LogP contribution in [0.1, 0.15) is 55.4 Å². The number of hydrogen-bond acceptors (Lipinski definition) is 15. The van der Waals surface area contributed by atoms with Gasteiger partial charge in [0.05, 0.1) is 22.4 Å². The Hall–Kier alpha value is -10.1. The lowest BCUT2D eigenvalue weighted by Crippen LogP contribution is -2.41. The first kappa shape index (κ1) is 64.9. The van der Waals surface area contributed by atoms with E-state index >= 15 is 0 Å². The fourth-order valence-electron chi connectivity index (χ4n) is 11.8. The Bertz CT molecular complexity index is 4970. The van der Waals surface area contributed by atoms with Crippen LogP contribution in [0.5, 0.6) is 0 Å². The van der Waals surface area contributed by atoms with Gasteiger partial charge >= 0.3 is 14.2 Å².